The van der Waals surface area contributed by atoms with Crippen molar-refractivity contribution in [3.05, 3.63) is 78.4 Å². The van der Waals surface area contributed by atoms with E-state index >= 15 is 0 Å². The van der Waals surface area contributed by atoms with Crippen LogP contribution in [0.5, 0.6) is 17.2 Å². The molecule has 0 saturated heterocycles. The number of hydrogen-bond donors (Lipinski definition) is 1. The van der Waals surface area contributed by atoms with Crippen molar-refractivity contribution >= 4 is 21.6 Å². The summed E-state index contributed by atoms with van der Waals surface area (Å²) >= 11 is 0. The predicted octanol–water partition coefficient (Wildman–Crippen LogP) is 4.18. The van der Waals surface area contributed by atoms with Gasteiger partial charge < -0.3 is 19.5 Å². The van der Waals surface area contributed by atoms with Crippen molar-refractivity contribution < 1.29 is 27.4 Å². The average Bonchev–Trinajstić information content (AvgIpc) is 2.87. The van der Waals surface area contributed by atoms with E-state index in [0.717, 1.165) is 9.87 Å². The summed E-state index contributed by atoms with van der Waals surface area (Å²) in [5.41, 5.74) is 1.22. The molecule has 0 aliphatic heterocycles. The number of rotatable bonds is 12. The summed E-state index contributed by atoms with van der Waals surface area (Å²) in [6.45, 7) is 5.61. The summed E-state index contributed by atoms with van der Waals surface area (Å²) in [6.07, 6.45) is 0. The smallest absolute Gasteiger partial charge is 0.264 e. The molecule has 0 aromatic heterocycles. The van der Waals surface area contributed by atoms with Crippen molar-refractivity contribution in [2.45, 2.75) is 31.7 Å². The molecule has 3 aromatic carbocycles. The number of benzene rings is 3. The molecule has 0 saturated carbocycles. The third kappa shape index (κ3) is 6.91. The molecule has 1 unspecified atom stereocenters. The topological polar surface area (TPSA) is 94.2 Å². The molecular weight excluding hydrogens is 480 g/mol. The number of carbonyl (C=O) groups is 1. The fourth-order valence-corrected chi connectivity index (χ4v) is 4.90. The maximum absolute atomic E-state index is 13.6. The number of aryl methyl sites for hydroxylation is 1. The first-order valence-corrected chi connectivity index (χ1v) is 13.1. The van der Waals surface area contributed by atoms with Crippen molar-refractivity contribution in [2.75, 3.05) is 31.2 Å². The standard InChI is InChI=1S/C27H32N2O6S/c1-5-34-26-9-7-6-8-25(26)29(36(31,32)24-16-10-20(2)11-17-24)18-27(30)28-21(3)19-35-23-14-12-22(33-4)13-15-23/h6-17,21H,5,18-19H2,1-4H3,(H,28,30). The molecule has 0 fully saturated rings. The van der Waals surface area contributed by atoms with Crippen molar-refractivity contribution in [1.29, 1.82) is 0 Å². The Balaban J connectivity index is 1.78. The van der Waals surface area contributed by atoms with Gasteiger partial charge in [-0.3, -0.25) is 9.10 Å². The van der Waals surface area contributed by atoms with E-state index in [-0.39, 0.29) is 23.2 Å². The largest absolute Gasteiger partial charge is 0.497 e. The molecule has 192 valence electrons. The summed E-state index contributed by atoms with van der Waals surface area (Å²) in [6, 6.07) is 20.0. The number of hydrogen-bond acceptors (Lipinski definition) is 6. The van der Waals surface area contributed by atoms with Gasteiger partial charge in [0.2, 0.25) is 5.91 Å². The monoisotopic (exact) mass is 512 g/mol. The van der Waals surface area contributed by atoms with E-state index in [4.69, 9.17) is 14.2 Å². The van der Waals surface area contributed by atoms with Gasteiger partial charge >= 0.3 is 0 Å². The average molecular weight is 513 g/mol. The van der Waals surface area contributed by atoms with Crippen LogP contribution in [0.25, 0.3) is 0 Å². The Morgan fingerprint density at radius 1 is 0.944 bits per heavy atom. The third-order valence-corrected chi connectivity index (χ3v) is 7.07. The summed E-state index contributed by atoms with van der Waals surface area (Å²) in [4.78, 5) is 13.1. The van der Waals surface area contributed by atoms with E-state index in [1.54, 1.807) is 74.7 Å². The van der Waals surface area contributed by atoms with Gasteiger partial charge in [0.05, 0.1) is 30.3 Å². The molecule has 0 aliphatic carbocycles. The van der Waals surface area contributed by atoms with E-state index in [9.17, 15) is 13.2 Å². The second kappa shape index (κ2) is 12.3. The molecule has 0 aliphatic rings. The van der Waals surface area contributed by atoms with Crippen LogP contribution < -0.4 is 23.8 Å². The van der Waals surface area contributed by atoms with Crippen LogP contribution in [0.2, 0.25) is 0 Å². The number of ether oxygens (including phenoxy) is 3. The van der Waals surface area contributed by atoms with Gasteiger partial charge in [0, 0.05) is 0 Å². The van der Waals surface area contributed by atoms with E-state index in [0.29, 0.717) is 23.9 Å². The highest BCUT2D eigenvalue weighted by atomic mass is 32.2. The number of carbonyl (C=O) groups excluding carboxylic acids is 1. The normalized spacial score (nSPS) is 11.9. The Morgan fingerprint density at radius 2 is 1.58 bits per heavy atom. The molecule has 0 spiro atoms. The number of amides is 1. The Bertz CT molecular complexity index is 1240. The summed E-state index contributed by atoms with van der Waals surface area (Å²) in [5, 5.41) is 2.82. The Labute approximate surface area is 212 Å². The highest BCUT2D eigenvalue weighted by Crippen LogP contribution is 2.32. The van der Waals surface area contributed by atoms with E-state index < -0.39 is 22.5 Å². The van der Waals surface area contributed by atoms with Gasteiger partial charge in [-0.05, 0) is 69.3 Å². The van der Waals surface area contributed by atoms with Gasteiger partial charge in [-0.2, -0.15) is 0 Å². The van der Waals surface area contributed by atoms with Gasteiger partial charge in [-0.15, -0.1) is 0 Å². The minimum Gasteiger partial charge on any atom is -0.497 e. The van der Waals surface area contributed by atoms with E-state index in [1.807, 2.05) is 13.8 Å². The molecule has 3 aromatic rings. The van der Waals surface area contributed by atoms with Crippen molar-refractivity contribution in [2.24, 2.45) is 0 Å². The summed E-state index contributed by atoms with van der Waals surface area (Å²) < 4.78 is 44.9. The molecule has 1 amide bonds. The van der Waals surface area contributed by atoms with Crippen LogP contribution in [0.15, 0.2) is 77.7 Å². The zero-order valence-electron chi connectivity index (χ0n) is 20.9. The molecule has 8 nitrogen and oxygen atoms in total. The summed E-state index contributed by atoms with van der Waals surface area (Å²) in [7, 11) is -2.47. The van der Waals surface area contributed by atoms with Crippen LogP contribution in [0.3, 0.4) is 0 Å². The first-order chi connectivity index (χ1) is 17.2. The number of para-hydroxylation sites is 2. The van der Waals surface area contributed by atoms with Crippen molar-refractivity contribution in [3.8, 4) is 17.2 Å². The van der Waals surface area contributed by atoms with Gasteiger partial charge in [-0.1, -0.05) is 29.8 Å². The van der Waals surface area contributed by atoms with Crippen LogP contribution >= 0.6 is 0 Å². The molecule has 1 N–H and O–H groups in total. The van der Waals surface area contributed by atoms with Gasteiger partial charge in [0.25, 0.3) is 10.0 Å². The third-order valence-electron chi connectivity index (χ3n) is 5.30. The molecule has 9 heteroatoms. The lowest BCUT2D eigenvalue weighted by molar-refractivity contribution is -0.120. The minimum atomic E-state index is -4.06. The van der Waals surface area contributed by atoms with Gasteiger partial charge in [0.15, 0.2) is 0 Å². The first kappa shape index (κ1) is 26.9. The zero-order chi connectivity index (χ0) is 26.1. The first-order valence-electron chi connectivity index (χ1n) is 11.6. The maximum atomic E-state index is 13.6. The number of anilines is 1. The van der Waals surface area contributed by atoms with Crippen molar-refractivity contribution in [3.63, 3.8) is 0 Å². The predicted molar refractivity (Wildman–Crippen MR) is 139 cm³/mol. The quantitative estimate of drug-likeness (QED) is 0.391. The zero-order valence-corrected chi connectivity index (χ0v) is 21.7. The Kier molecular flexibility index (Phi) is 9.19. The van der Waals surface area contributed by atoms with Crippen LogP contribution in [0.1, 0.15) is 19.4 Å². The fourth-order valence-electron chi connectivity index (χ4n) is 3.46. The van der Waals surface area contributed by atoms with Crippen LogP contribution in [0.4, 0.5) is 5.69 Å². The number of nitrogens with one attached hydrogen (secondary N) is 1. The highest BCUT2D eigenvalue weighted by Gasteiger charge is 2.29. The van der Waals surface area contributed by atoms with Gasteiger partial charge in [0.1, 0.15) is 30.4 Å². The molecule has 3 rings (SSSR count). The second-order valence-corrected chi connectivity index (χ2v) is 10.0. The molecule has 0 heterocycles. The lowest BCUT2D eigenvalue weighted by Gasteiger charge is -2.26. The maximum Gasteiger partial charge on any atom is 0.264 e. The lowest BCUT2D eigenvalue weighted by Crippen LogP contribution is -2.45. The molecule has 36 heavy (non-hydrogen) atoms. The van der Waals surface area contributed by atoms with E-state index in [1.165, 1.54) is 12.1 Å². The van der Waals surface area contributed by atoms with Gasteiger partial charge in [-0.25, -0.2) is 8.42 Å². The SMILES string of the molecule is CCOc1ccccc1N(CC(=O)NC(C)COc1ccc(OC)cc1)S(=O)(=O)c1ccc(C)cc1. The van der Waals surface area contributed by atoms with Crippen LogP contribution in [-0.2, 0) is 14.8 Å². The minimum absolute atomic E-state index is 0.0862. The van der Waals surface area contributed by atoms with E-state index in [2.05, 4.69) is 5.32 Å². The molecule has 0 radical (unpaired) electrons. The summed E-state index contributed by atoms with van der Waals surface area (Å²) in [5.74, 6) is 1.25. The highest BCUT2D eigenvalue weighted by molar-refractivity contribution is 7.92. The number of methoxy groups -OCH3 is 1. The van der Waals surface area contributed by atoms with Crippen LogP contribution in [0, 0.1) is 6.92 Å². The molecule has 0 bridgehead atoms. The fraction of sp³-hybridized carbons (Fsp3) is 0.296. The Hall–Kier alpha value is -3.72. The molecular formula is C27H32N2O6S. The Morgan fingerprint density at radius 3 is 2.22 bits per heavy atom. The van der Waals surface area contributed by atoms with Crippen molar-refractivity contribution in [1.82, 2.24) is 5.32 Å². The van der Waals surface area contributed by atoms with Crippen LogP contribution in [-0.4, -0.2) is 47.2 Å². The number of sulfonamides is 1. The molecule has 1 atom stereocenters. The second-order valence-electron chi connectivity index (χ2n) is 8.18. The lowest BCUT2D eigenvalue weighted by atomic mass is 10.2. The number of nitrogens with zero attached hydrogens (tertiary/aromatic N) is 1.